The molecule has 2 unspecified atom stereocenters. The van der Waals surface area contributed by atoms with E-state index in [4.69, 9.17) is 0 Å². The lowest BCUT2D eigenvalue weighted by atomic mass is 10.1. The molecule has 0 aliphatic carbocycles. The smallest absolute Gasteiger partial charge is 0.318 e. The van der Waals surface area contributed by atoms with E-state index in [1.807, 2.05) is 37.3 Å². The molecule has 0 saturated heterocycles. The van der Waals surface area contributed by atoms with Gasteiger partial charge in [0.25, 0.3) is 0 Å². The third kappa shape index (κ3) is 5.34. The fraction of sp³-hybridized carbons (Fsp3) is 0.429. The highest BCUT2D eigenvalue weighted by Gasteiger charge is 2.16. The highest BCUT2D eigenvalue weighted by Crippen LogP contribution is 2.14. The summed E-state index contributed by atoms with van der Waals surface area (Å²) in [5, 5.41) is 2.57. The van der Waals surface area contributed by atoms with Gasteiger partial charge in [-0.3, -0.25) is 9.59 Å². The summed E-state index contributed by atoms with van der Waals surface area (Å²) in [6.07, 6.45) is 0. The van der Waals surface area contributed by atoms with Gasteiger partial charge in [0.2, 0.25) is 5.91 Å². The summed E-state index contributed by atoms with van der Waals surface area (Å²) in [5.41, 5.74) is 1.06. The second-order valence-electron chi connectivity index (χ2n) is 4.18. The monoisotopic (exact) mass is 281 g/mol. The molecule has 104 valence electrons. The minimum absolute atomic E-state index is 0.0391. The number of esters is 1. The molecule has 1 aromatic rings. The number of carbonyl (C=O) groups is 2. The molecule has 1 rings (SSSR count). The molecule has 0 radical (unpaired) electrons. The molecule has 0 bridgehead atoms. The number of carbonyl (C=O) groups excluding carboxylic acids is 2. The van der Waals surface area contributed by atoms with Crippen LogP contribution in [-0.4, -0.2) is 30.0 Å². The van der Waals surface area contributed by atoms with E-state index in [0.717, 1.165) is 5.56 Å². The van der Waals surface area contributed by atoms with Crippen LogP contribution < -0.4 is 5.32 Å². The van der Waals surface area contributed by atoms with Crippen LogP contribution in [0.15, 0.2) is 30.3 Å². The van der Waals surface area contributed by atoms with Crippen LogP contribution in [0.4, 0.5) is 0 Å². The molecular formula is C14H19NO3S. The van der Waals surface area contributed by atoms with Crippen molar-refractivity contribution in [1.29, 1.82) is 0 Å². The van der Waals surface area contributed by atoms with E-state index in [0.29, 0.717) is 0 Å². The van der Waals surface area contributed by atoms with Crippen LogP contribution in [0.3, 0.4) is 0 Å². The Morgan fingerprint density at radius 3 is 2.47 bits per heavy atom. The van der Waals surface area contributed by atoms with E-state index in [1.54, 1.807) is 6.92 Å². The van der Waals surface area contributed by atoms with Gasteiger partial charge in [0, 0.05) is 0 Å². The van der Waals surface area contributed by atoms with Crippen LogP contribution in [0, 0.1) is 0 Å². The van der Waals surface area contributed by atoms with Crippen molar-refractivity contribution in [3.63, 3.8) is 0 Å². The Balaban J connectivity index is 2.37. The van der Waals surface area contributed by atoms with Gasteiger partial charge >= 0.3 is 5.97 Å². The lowest BCUT2D eigenvalue weighted by molar-refractivity contribution is -0.139. The minimum atomic E-state index is -0.331. The first-order valence-corrected chi connectivity index (χ1v) is 7.13. The predicted octanol–water partition coefficient (Wildman–Crippen LogP) is 2.16. The maximum Gasteiger partial charge on any atom is 0.318 e. The van der Waals surface area contributed by atoms with Gasteiger partial charge < -0.3 is 10.1 Å². The molecule has 4 nitrogen and oxygen atoms in total. The van der Waals surface area contributed by atoms with Gasteiger partial charge in [-0.15, -0.1) is 11.8 Å². The summed E-state index contributed by atoms with van der Waals surface area (Å²) in [7, 11) is 1.34. The Labute approximate surface area is 117 Å². The Kier molecular flexibility index (Phi) is 6.42. The number of methoxy groups -OCH3 is 1. The molecule has 5 heteroatoms. The topological polar surface area (TPSA) is 55.4 Å². The van der Waals surface area contributed by atoms with E-state index < -0.39 is 0 Å². The molecular weight excluding hydrogens is 262 g/mol. The Morgan fingerprint density at radius 1 is 1.26 bits per heavy atom. The molecule has 1 aromatic carbocycles. The fourth-order valence-corrected chi connectivity index (χ4v) is 2.26. The maximum absolute atomic E-state index is 11.8. The Bertz CT molecular complexity index is 422. The molecule has 0 aromatic heterocycles. The average molecular weight is 281 g/mol. The molecule has 0 aliphatic rings. The van der Waals surface area contributed by atoms with Crippen LogP contribution >= 0.6 is 11.8 Å². The Hall–Kier alpha value is -1.49. The van der Waals surface area contributed by atoms with Gasteiger partial charge in [-0.25, -0.2) is 0 Å². The van der Waals surface area contributed by atoms with Crippen LogP contribution in [0.2, 0.25) is 0 Å². The van der Waals surface area contributed by atoms with Crippen molar-refractivity contribution in [2.45, 2.75) is 25.1 Å². The van der Waals surface area contributed by atoms with Gasteiger partial charge in [-0.2, -0.15) is 0 Å². The summed E-state index contributed by atoms with van der Waals surface area (Å²) >= 11 is 1.27. The summed E-state index contributed by atoms with van der Waals surface area (Å²) in [4.78, 5) is 23.0. The van der Waals surface area contributed by atoms with Crippen molar-refractivity contribution in [3.05, 3.63) is 35.9 Å². The van der Waals surface area contributed by atoms with Crippen LogP contribution in [-0.2, 0) is 14.3 Å². The number of thioether (sulfide) groups is 1. The van der Waals surface area contributed by atoms with E-state index in [-0.39, 0.29) is 28.9 Å². The third-order valence-corrected chi connectivity index (χ3v) is 3.80. The molecule has 0 spiro atoms. The first kappa shape index (κ1) is 15.6. The van der Waals surface area contributed by atoms with Crippen molar-refractivity contribution in [2.24, 2.45) is 0 Å². The molecule has 0 fully saturated rings. The van der Waals surface area contributed by atoms with E-state index in [2.05, 4.69) is 10.1 Å². The minimum Gasteiger partial charge on any atom is -0.468 e. The van der Waals surface area contributed by atoms with Crippen molar-refractivity contribution in [1.82, 2.24) is 5.32 Å². The number of nitrogens with one attached hydrogen (secondary N) is 1. The fourth-order valence-electron chi connectivity index (χ4n) is 1.54. The number of hydrogen-bond acceptors (Lipinski definition) is 4. The summed E-state index contributed by atoms with van der Waals surface area (Å²) in [6, 6.07) is 9.71. The SMILES string of the molecule is COC(=O)C(C)SCC(=O)NC(C)c1ccccc1. The van der Waals surface area contributed by atoms with Crippen molar-refractivity contribution >= 4 is 23.6 Å². The molecule has 1 amide bonds. The van der Waals surface area contributed by atoms with Crippen molar-refractivity contribution in [2.75, 3.05) is 12.9 Å². The van der Waals surface area contributed by atoms with Gasteiger partial charge in [0.05, 0.1) is 18.9 Å². The maximum atomic E-state index is 11.8. The zero-order valence-electron chi connectivity index (χ0n) is 11.4. The highest BCUT2D eigenvalue weighted by molar-refractivity contribution is 8.01. The quantitative estimate of drug-likeness (QED) is 0.812. The van der Waals surface area contributed by atoms with Gasteiger partial charge in [0.1, 0.15) is 5.25 Å². The number of amides is 1. The van der Waals surface area contributed by atoms with Crippen LogP contribution in [0.5, 0.6) is 0 Å². The number of ether oxygens (including phenoxy) is 1. The molecule has 19 heavy (non-hydrogen) atoms. The van der Waals surface area contributed by atoms with E-state index in [9.17, 15) is 9.59 Å². The normalized spacial score (nSPS) is 13.4. The summed E-state index contributed by atoms with van der Waals surface area (Å²) in [5.74, 6) is -0.154. The third-order valence-electron chi connectivity index (χ3n) is 2.67. The summed E-state index contributed by atoms with van der Waals surface area (Å²) in [6.45, 7) is 3.66. The standard InChI is InChI=1S/C14H19NO3S/c1-10(12-7-5-4-6-8-12)15-13(16)9-19-11(2)14(17)18-3/h4-8,10-11H,9H2,1-3H3,(H,15,16). The average Bonchev–Trinajstić information content (AvgIpc) is 2.44. The van der Waals surface area contributed by atoms with E-state index in [1.165, 1.54) is 18.9 Å². The zero-order chi connectivity index (χ0) is 14.3. The number of benzene rings is 1. The Morgan fingerprint density at radius 2 is 1.89 bits per heavy atom. The summed E-state index contributed by atoms with van der Waals surface area (Å²) < 4.78 is 4.60. The van der Waals surface area contributed by atoms with Gasteiger partial charge in [-0.1, -0.05) is 30.3 Å². The van der Waals surface area contributed by atoms with Crippen LogP contribution in [0.25, 0.3) is 0 Å². The molecule has 1 N–H and O–H groups in total. The van der Waals surface area contributed by atoms with Gasteiger partial charge in [-0.05, 0) is 19.4 Å². The second-order valence-corrected chi connectivity index (χ2v) is 5.51. The first-order valence-electron chi connectivity index (χ1n) is 6.08. The lowest BCUT2D eigenvalue weighted by Gasteiger charge is -2.15. The second kappa shape index (κ2) is 7.84. The molecule has 2 atom stereocenters. The molecule has 0 saturated carbocycles. The highest BCUT2D eigenvalue weighted by atomic mass is 32.2. The largest absolute Gasteiger partial charge is 0.468 e. The number of hydrogen-bond donors (Lipinski definition) is 1. The van der Waals surface area contributed by atoms with Gasteiger partial charge in [0.15, 0.2) is 0 Å². The molecule has 0 aliphatic heterocycles. The predicted molar refractivity (Wildman–Crippen MR) is 76.9 cm³/mol. The zero-order valence-corrected chi connectivity index (χ0v) is 12.2. The number of rotatable bonds is 6. The van der Waals surface area contributed by atoms with Crippen LogP contribution in [0.1, 0.15) is 25.5 Å². The van der Waals surface area contributed by atoms with Crippen molar-refractivity contribution < 1.29 is 14.3 Å². The molecule has 0 heterocycles. The van der Waals surface area contributed by atoms with Crippen molar-refractivity contribution in [3.8, 4) is 0 Å². The van der Waals surface area contributed by atoms with E-state index >= 15 is 0 Å². The first-order chi connectivity index (χ1) is 9.04. The lowest BCUT2D eigenvalue weighted by Crippen LogP contribution is -2.29.